The highest BCUT2D eigenvalue weighted by molar-refractivity contribution is 5.71. The Kier molecular flexibility index (Phi) is 45.7. The van der Waals surface area contributed by atoms with E-state index >= 15 is 0 Å². The molecule has 0 amide bonds. The molecule has 0 radical (unpaired) electrons. The molecule has 0 bridgehead atoms. The smallest absolute Gasteiger partial charge is 0.306 e. The fraction of sp³-hybridized carbons (Fsp3) is 0.944. The van der Waals surface area contributed by atoms with Gasteiger partial charge in [0, 0.05) is 19.3 Å². The van der Waals surface area contributed by atoms with Crippen LogP contribution in [0.3, 0.4) is 0 Å². The molecule has 0 saturated carbocycles. The molecule has 2 atom stereocenters. The third kappa shape index (κ3) is 45.9. The number of unbranched alkanes of at least 4 members (excludes halogenated alkanes) is 32. The third-order valence-corrected chi connectivity index (χ3v) is 12.6. The van der Waals surface area contributed by atoms with Gasteiger partial charge in [-0.3, -0.25) is 14.4 Å². The summed E-state index contributed by atoms with van der Waals surface area (Å²) in [5.41, 5.74) is 0. The van der Waals surface area contributed by atoms with Gasteiger partial charge in [0.1, 0.15) is 13.2 Å². The first-order chi connectivity index (χ1) is 29.3. The van der Waals surface area contributed by atoms with E-state index in [-0.39, 0.29) is 31.1 Å². The molecule has 6 nitrogen and oxygen atoms in total. The van der Waals surface area contributed by atoms with E-state index in [1.807, 2.05) is 0 Å². The van der Waals surface area contributed by atoms with E-state index in [1.165, 1.54) is 186 Å². The Bertz CT molecular complexity index is 918. The number of hydrogen-bond donors (Lipinski definition) is 0. The molecule has 0 spiro atoms. The van der Waals surface area contributed by atoms with Crippen molar-refractivity contribution < 1.29 is 28.6 Å². The van der Waals surface area contributed by atoms with Gasteiger partial charge >= 0.3 is 17.9 Å². The first kappa shape index (κ1) is 58.4. The minimum atomic E-state index is -0.762. The van der Waals surface area contributed by atoms with Crippen molar-refractivity contribution >= 4 is 17.9 Å². The molecular formula is C54H104O6. The maximum atomic E-state index is 12.8. The van der Waals surface area contributed by atoms with Gasteiger partial charge in [0.25, 0.3) is 0 Å². The van der Waals surface area contributed by atoms with E-state index < -0.39 is 6.10 Å². The van der Waals surface area contributed by atoms with Gasteiger partial charge in [-0.1, -0.05) is 259 Å². The molecule has 60 heavy (non-hydrogen) atoms. The fourth-order valence-corrected chi connectivity index (χ4v) is 8.13. The normalized spacial score (nSPS) is 12.5. The molecule has 0 heterocycles. The van der Waals surface area contributed by atoms with Gasteiger partial charge < -0.3 is 14.2 Å². The summed E-state index contributed by atoms with van der Waals surface area (Å²) in [7, 11) is 0. The molecule has 1 unspecified atom stereocenters. The molecule has 0 aromatic carbocycles. The van der Waals surface area contributed by atoms with Gasteiger partial charge in [-0.25, -0.2) is 0 Å². The van der Waals surface area contributed by atoms with Gasteiger partial charge in [0.2, 0.25) is 0 Å². The third-order valence-electron chi connectivity index (χ3n) is 12.6. The van der Waals surface area contributed by atoms with Crippen LogP contribution >= 0.6 is 0 Å². The Balaban J connectivity index is 4.26. The maximum Gasteiger partial charge on any atom is 0.306 e. The monoisotopic (exact) mass is 849 g/mol. The second-order valence-electron chi connectivity index (χ2n) is 19.2. The zero-order chi connectivity index (χ0) is 44.0. The van der Waals surface area contributed by atoms with Crippen LogP contribution in [-0.2, 0) is 28.6 Å². The van der Waals surface area contributed by atoms with Crippen LogP contribution < -0.4 is 0 Å². The van der Waals surface area contributed by atoms with Crippen LogP contribution in [0.25, 0.3) is 0 Å². The lowest BCUT2D eigenvalue weighted by Crippen LogP contribution is -2.30. The standard InChI is InChI=1S/C54H104O6/c1-6-8-9-10-11-12-13-14-15-16-17-18-19-20-21-26-29-36-41-46-54(57)60-51(48-59-53(56)45-40-35-31-30-33-38-43-50(5)7-2)47-58-52(55)44-39-34-28-25-23-22-24-27-32-37-42-49(3)4/h49-51H,6-48H2,1-5H3/t50?,51-/m1/s1. The molecular weight excluding hydrogens is 745 g/mol. The van der Waals surface area contributed by atoms with E-state index in [1.54, 1.807) is 0 Å². The number of hydrogen-bond acceptors (Lipinski definition) is 6. The van der Waals surface area contributed by atoms with E-state index in [0.29, 0.717) is 19.3 Å². The van der Waals surface area contributed by atoms with Crippen molar-refractivity contribution in [1.82, 2.24) is 0 Å². The second-order valence-corrected chi connectivity index (χ2v) is 19.2. The maximum absolute atomic E-state index is 12.8. The average molecular weight is 849 g/mol. The number of rotatable bonds is 48. The summed E-state index contributed by atoms with van der Waals surface area (Å²) in [5.74, 6) is 0.782. The lowest BCUT2D eigenvalue weighted by molar-refractivity contribution is -0.167. The lowest BCUT2D eigenvalue weighted by Gasteiger charge is -2.18. The number of carbonyl (C=O) groups is 3. The Morgan fingerprint density at radius 1 is 0.350 bits per heavy atom. The Labute approximate surface area is 374 Å². The molecule has 0 aliphatic heterocycles. The van der Waals surface area contributed by atoms with Gasteiger partial charge in [-0.15, -0.1) is 0 Å². The summed E-state index contributed by atoms with van der Waals surface area (Å²) < 4.78 is 16.8. The van der Waals surface area contributed by atoms with Crippen molar-refractivity contribution in [1.29, 1.82) is 0 Å². The molecule has 6 heteroatoms. The predicted octanol–water partition coefficient (Wildman–Crippen LogP) is 17.3. The minimum absolute atomic E-state index is 0.0646. The Morgan fingerprint density at radius 3 is 0.950 bits per heavy atom. The van der Waals surface area contributed by atoms with Crippen molar-refractivity contribution in [3.63, 3.8) is 0 Å². The summed E-state index contributed by atoms with van der Waals surface area (Å²) in [4.78, 5) is 37.9. The first-order valence-electron chi connectivity index (χ1n) is 26.8. The highest BCUT2D eigenvalue weighted by Crippen LogP contribution is 2.18. The predicted molar refractivity (Wildman–Crippen MR) is 256 cm³/mol. The number of carbonyl (C=O) groups excluding carboxylic acids is 3. The Hall–Kier alpha value is -1.59. The van der Waals surface area contributed by atoms with Crippen LogP contribution in [0.15, 0.2) is 0 Å². The van der Waals surface area contributed by atoms with Crippen LogP contribution in [0.4, 0.5) is 0 Å². The summed E-state index contributed by atoms with van der Waals surface area (Å²) in [5, 5.41) is 0. The van der Waals surface area contributed by atoms with Gasteiger partial charge in [0.05, 0.1) is 0 Å². The van der Waals surface area contributed by atoms with E-state index in [9.17, 15) is 14.4 Å². The van der Waals surface area contributed by atoms with Crippen molar-refractivity contribution in [2.75, 3.05) is 13.2 Å². The quantitative estimate of drug-likeness (QED) is 0.0345. The first-order valence-corrected chi connectivity index (χ1v) is 26.8. The van der Waals surface area contributed by atoms with Crippen LogP contribution in [-0.4, -0.2) is 37.2 Å². The second kappa shape index (κ2) is 46.9. The molecule has 0 aromatic rings. The summed E-state index contributed by atoms with van der Waals surface area (Å²) in [6.45, 7) is 11.3. The number of ether oxygens (including phenoxy) is 3. The minimum Gasteiger partial charge on any atom is -0.462 e. The fourth-order valence-electron chi connectivity index (χ4n) is 8.13. The van der Waals surface area contributed by atoms with Crippen molar-refractivity contribution in [2.24, 2.45) is 11.8 Å². The Morgan fingerprint density at radius 2 is 0.633 bits per heavy atom. The molecule has 0 aliphatic rings. The van der Waals surface area contributed by atoms with Crippen LogP contribution in [0.1, 0.15) is 298 Å². The molecule has 356 valence electrons. The van der Waals surface area contributed by atoms with Crippen LogP contribution in [0.5, 0.6) is 0 Å². The molecule has 0 N–H and O–H groups in total. The van der Waals surface area contributed by atoms with E-state index in [2.05, 4.69) is 34.6 Å². The van der Waals surface area contributed by atoms with Crippen molar-refractivity contribution in [3.05, 3.63) is 0 Å². The van der Waals surface area contributed by atoms with Gasteiger partial charge in [0.15, 0.2) is 6.10 Å². The highest BCUT2D eigenvalue weighted by atomic mass is 16.6. The van der Waals surface area contributed by atoms with Crippen LogP contribution in [0.2, 0.25) is 0 Å². The molecule has 0 fully saturated rings. The summed E-state index contributed by atoms with van der Waals surface area (Å²) in [6, 6.07) is 0. The summed E-state index contributed by atoms with van der Waals surface area (Å²) >= 11 is 0. The summed E-state index contributed by atoms with van der Waals surface area (Å²) in [6.07, 6.45) is 48.1. The highest BCUT2D eigenvalue weighted by Gasteiger charge is 2.19. The zero-order valence-electron chi connectivity index (χ0n) is 41.1. The van der Waals surface area contributed by atoms with E-state index in [4.69, 9.17) is 14.2 Å². The average Bonchev–Trinajstić information content (AvgIpc) is 3.23. The zero-order valence-corrected chi connectivity index (χ0v) is 41.1. The van der Waals surface area contributed by atoms with E-state index in [0.717, 1.165) is 69.6 Å². The number of esters is 3. The lowest BCUT2D eigenvalue weighted by atomic mass is 10.00. The topological polar surface area (TPSA) is 78.9 Å². The largest absolute Gasteiger partial charge is 0.462 e. The van der Waals surface area contributed by atoms with Crippen LogP contribution in [0, 0.1) is 11.8 Å². The molecule has 0 saturated heterocycles. The molecule has 0 rings (SSSR count). The van der Waals surface area contributed by atoms with Gasteiger partial charge in [-0.2, -0.15) is 0 Å². The molecule has 0 aromatic heterocycles. The SMILES string of the molecule is CCCCCCCCCCCCCCCCCCCCCC(=O)O[C@H](COC(=O)CCCCCCCCCCCCC(C)C)COC(=O)CCCCCCCCC(C)CC. The van der Waals surface area contributed by atoms with Crippen molar-refractivity contribution in [3.8, 4) is 0 Å². The van der Waals surface area contributed by atoms with Gasteiger partial charge in [-0.05, 0) is 31.1 Å². The molecule has 0 aliphatic carbocycles. The van der Waals surface area contributed by atoms with Crippen molar-refractivity contribution in [2.45, 2.75) is 304 Å².